The monoisotopic (exact) mass is 1690 g/mol. The number of nitrogens with one attached hydrogen (secondary N) is 6. The maximum absolute atomic E-state index is 15.1. The molecule has 118 heavy (non-hydrogen) atoms. The Morgan fingerprint density at radius 3 is 0.932 bits per heavy atom. The van der Waals surface area contributed by atoms with Crippen molar-refractivity contribution in [3.05, 3.63) is 361 Å². The molecular formula is C91H84BrF12N11O3. The average Bonchev–Trinajstić information content (AvgIpc) is 0.975. The third kappa shape index (κ3) is 22.2. The molecule has 0 spiro atoms. The zero-order valence-electron chi connectivity index (χ0n) is 63.7. The Hall–Kier alpha value is -11.9. The summed E-state index contributed by atoms with van der Waals surface area (Å²) >= 11 is 3.32. The lowest BCUT2D eigenvalue weighted by molar-refractivity contribution is -0.138. The highest BCUT2D eigenvalue weighted by atomic mass is 79.9. The van der Waals surface area contributed by atoms with Gasteiger partial charge in [0.2, 0.25) is 0 Å². The van der Waals surface area contributed by atoms with Gasteiger partial charge in [0.25, 0.3) is 0 Å². The summed E-state index contributed by atoms with van der Waals surface area (Å²) in [6, 6.07) is 61.2. The van der Waals surface area contributed by atoms with Crippen molar-refractivity contribution in [2.24, 2.45) is 4.99 Å². The highest BCUT2D eigenvalue weighted by Crippen LogP contribution is 2.43. The fraction of sp³-hybridized carbons (Fsp3) is 0.264. The van der Waals surface area contributed by atoms with Crippen LogP contribution in [0.15, 0.2) is 271 Å². The number of hydrogen-bond donors (Lipinski definition) is 7. The Morgan fingerprint density at radius 1 is 0.364 bits per heavy atom. The molecule has 0 aliphatic heterocycles. The molecule has 3 atom stereocenters. The summed E-state index contributed by atoms with van der Waals surface area (Å²) in [5.41, 5.74) is 3.46. The molecule has 3 unspecified atom stereocenters. The number of aliphatic imine (C=N–C) groups is 1. The van der Waals surface area contributed by atoms with Crippen LogP contribution in [0, 0.1) is 17.5 Å². The Morgan fingerprint density at radius 2 is 0.653 bits per heavy atom. The number of amides is 6. The van der Waals surface area contributed by atoms with Crippen molar-refractivity contribution in [2.75, 3.05) is 5.73 Å². The van der Waals surface area contributed by atoms with Crippen molar-refractivity contribution in [1.29, 1.82) is 0 Å². The van der Waals surface area contributed by atoms with Crippen LogP contribution in [0.5, 0.6) is 0 Å². The first kappa shape index (κ1) is 85.5. The van der Waals surface area contributed by atoms with E-state index in [2.05, 4.69) is 57.8 Å². The number of carbonyl (C=O) groups excluding carboxylic acids is 3. The zero-order valence-corrected chi connectivity index (χ0v) is 65.3. The van der Waals surface area contributed by atoms with E-state index in [0.717, 1.165) is 130 Å². The van der Waals surface area contributed by atoms with Gasteiger partial charge in [0.05, 0.1) is 63.3 Å². The lowest BCUT2D eigenvalue weighted by Gasteiger charge is -2.36. The maximum Gasteiger partial charge on any atom is 0.416 e. The molecule has 3 fully saturated rings. The molecule has 27 heteroatoms. The van der Waals surface area contributed by atoms with Crippen LogP contribution in [-0.2, 0) is 54.4 Å². The van der Waals surface area contributed by atoms with E-state index in [0.29, 0.717) is 50.9 Å². The summed E-state index contributed by atoms with van der Waals surface area (Å²) in [5, 5.41) is 17.6. The van der Waals surface area contributed by atoms with Crippen LogP contribution in [0.25, 0.3) is 0 Å². The minimum absolute atomic E-state index is 0.00156. The number of nitrogen functional groups attached to an aromatic ring is 1. The molecule has 6 amide bonds. The fourth-order valence-electron chi connectivity index (χ4n) is 15.3. The molecule has 3 aliphatic rings. The first-order chi connectivity index (χ1) is 56.5. The number of nitrogens with zero attached hydrogens (tertiary/aromatic N) is 4. The van der Waals surface area contributed by atoms with Gasteiger partial charge < -0.3 is 37.6 Å². The molecule has 8 aromatic carbocycles. The number of aromatic nitrogens is 3. The van der Waals surface area contributed by atoms with Gasteiger partial charge in [-0.3, -0.25) is 15.0 Å². The fourth-order valence-corrected chi connectivity index (χ4v) is 15.6. The van der Waals surface area contributed by atoms with Crippen molar-refractivity contribution in [3.8, 4) is 0 Å². The third-order valence-electron chi connectivity index (χ3n) is 21.1. The summed E-state index contributed by atoms with van der Waals surface area (Å²) < 4.78 is 169. The van der Waals surface area contributed by atoms with Crippen molar-refractivity contribution >= 4 is 51.1 Å². The molecule has 14 nitrogen and oxygen atoms in total. The van der Waals surface area contributed by atoms with E-state index in [4.69, 9.17) is 15.7 Å². The highest BCUT2D eigenvalue weighted by Gasteiger charge is 2.46. The number of benzene rings is 8. The van der Waals surface area contributed by atoms with Gasteiger partial charge in [0.15, 0.2) is 0 Å². The zero-order chi connectivity index (χ0) is 83.7. The summed E-state index contributed by atoms with van der Waals surface area (Å²) in [6.45, 7) is 0. The van der Waals surface area contributed by atoms with Gasteiger partial charge in [-0.25, -0.2) is 32.5 Å². The SMILES string of the molecule is Nc1ccc(C(Cc2ccccc2)(NC(=O)NC2CCCC2)c2cc(F)cc(C(F)(F)F)c2)nc1.O=C(NC1CCCC1)NC(Cc1ccccc1)(c1cc(F)cc(C(F)(F)F)c1)c1ccc(Br)cn1.O=C(NC1CCCC1)NC(Cc1ccccc1)(c1cc(F)cc(C(F)(F)F)c1)c1ccc(N=C(c2ccccc2)c2ccccc2)cn1. The molecule has 0 bridgehead atoms. The van der Waals surface area contributed by atoms with Crippen molar-refractivity contribution < 1.29 is 67.1 Å². The quantitative estimate of drug-likeness (QED) is 0.0274. The number of rotatable bonds is 21. The number of nitrogens with two attached hydrogens (primary N) is 1. The van der Waals surface area contributed by atoms with Gasteiger partial charge in [0, 0.05) is 59.2 Å². The van der Waals surface area contributed by atoms with Crippen molar-refractivity contribution in [3.63, 3.8) is 0 Å². The number of hydrogen-bond acceptors (Lipinski definition) is 8. The Balaban J connectivity index is 0.000000166. The molecular weight excluding hydrogens is 1600 g/mol. The number of pyridine rings is 3. The largest absolute Gasteiger partial charge is 0.416 e. The van der Waals surface area contributed by atoms with Gasteiger partial charge >= 0.3 is 36.6 Å². The Bertz CT molecular complexity index is 4970. The molecule has 8 N–H and O–H groups in total. The van der Waals surface area contributed by atoms with Crippen molar-refractivity contribution in [2.45, 2.75) is 150 Å². The highest BCUT2D eigenvalue weighted by molar-refractivity contribution is 9.10. The lowest BCUT2D eigenvalue weighted by Crippen LogP contribution is -2.54. The van der Waals surface area contributed by atoms with Gasteiger partial charge in [-0.2, -0.15) is 39.5 Å². The minimum atomic E-state index is -4.82. The van der Waals surface area contributed by atoms with Crippen LogP contribution in [0.2, 0.25) is 0 Å². The number of carbonyl (C=O) groups is 3. The molecule has 0 radical (unpaired) electrons. The second kappa shape index (κ2) is 38.0. The maximum atomic E-state index is 15.1. The van der Waals surface area contributed by atoms with Gasteiger partial charge in [-0.1, -0.05) is 190 Å². The van der Waals surface area contributed by atoms with E-state index in [1.165, 1.54) is 24.7 Å². The van der Waals surface area contributed by atoms with Crippen LogP contribution in [0.1, 0.15) is 155 Å². The number of alkyl halides is 9. The van der Waals surface area contributed by atoms with Crippen LogP contribution in [-0.4, -0.2) is 56.9 Å². The minimum Gasteiger partial charge on any atom is -0.397 e. The summed E-state index contributed by atoms with van der Waals surface area (Å²) in [7, 11) is 0. The Kier molecular flexibility index (Phi) is 27.6. The summed E-state index contributed by atoms with van der Waals surface area (Å²) in [5.74, 6) is -3.20. The second-order valence-electron chi connectivity index (χ2n) is 29.6. The van der Waals surface area contributed by atoms with Gasteiger partial charge in [0.1, 0.15) is 34.1 Å². The molecule has 3 aromatic heterocycles. The second-order valence-corrected chi connectivity index (χ2v) is 30.5. The molecule has 14 rings (SSSR count). The number of halogens is 13. The molecule has 612 valence electrons. The normalized spacial score (nSPS) is 15.4. The standard InChI is InChI=1S/C39H34F4N4O.C26H24BrF4N3O.C26H26F4N4O/c40-32-23-30(22-31(24-32)39(41,42)43)38(25-27-12-4-1-5-13-27,47-37(48)46-33-18-10-11-19-33)35-21-20-34(26-44-35)45-36(28-14-6-2-7-15-28)29-16-8-3-9-17-29;27-20-10-11-23(32-16-20)25(15-17-6-2-1-3-7-17,34-24(35)33-22-8-4-5-9-22)18-12-19(26(29,30)31)14-21(28)13-18;27-20-13-18(12-19(14-20)26(28,29)30)25(15-17-6-2-1-3-7-17,23-11-10-21(31)16-32-23)34-24(35)33-22-8-4-5-9-22/h1-9,12-17,20-24,26,33H,10-11,18-19,25H2,(H2,46,47,48);1-3,6-7,10-14,16,22H,4-5,8-9,15H2,(H2,33,34,35);1-3,6-7,10-14,16,22H,4-5,8-9,15,31H2,(H2,33,34,35). The molecule has 3 saturated carbocycles. The van der Waals surface area contributed by atoms with E-state index >= 15 is 4.39 Å². The first-order valence-electron chi connectivity index (χ1n) is 38.5. The molecule has 11 aromatic rings. The smallest absolute Gasteiger partial charge is 0.397 e. The predicted molar refractivity (Wildman–Crippen MR) is 432 cm³/mol. The van der Waals surface area contributed by atoms with E-state index in [1.807, 2.05) is 72.8 Å². The summed E-state index contributed by atoms with van der Waals surface area (Å²) in [6.07, 6.45) is 0.865. The number of anilines is 1. The number of urea groups is 3. The van der Waals surface area contributed by atoms with E-state index in [9.17, 15) is 62.7 Å². The average molecular weight is 1690 g/mol. The van der Waals surface area contributed by atoms with E-state index < -0.39 is 87.4 Å². The van der Waals surface area contributed by atoms with Crippen LogP contribution >= 0.6 is 15.9 Å². The van der Waals surface area contributed by atoms with Crippen LogP contribution in [0.3, 0.4) is 0 Å². The molecule has 3 heterocycles. The molecule has 0 saturated heterocycles. The van der Waals surface area contributed by atoms with Gasteiger partial charge in [-0.15, -0.1) is 0 Å². The topological polar surface area (TPSA) is 200 Å². The van der Waals surface area contributed by atoms with E-state index in [1.54, 1.807) is 109 Å². The summed E-state index contributed by atoms with van der Waals surface area (Å²) in [4.78, 5) is 58.5. The van der Waals surface area contributed by atoms with Crippen LogP contribution in [0.4, 0.5) is 78.4 Å². The first-order valence-corrected chi connectivity index (χ1v) is 39.3. The van der Waals surface area contributed by atoms with Gasteiger partial charge in [-0.05, 0) is 179 Å². The van der Waals surface area contributed by atoms with Crippen molar-refractivity contribution in [1.82, 2.24) is 46.9 Å². The lowest BCUT2D eigenvalue weighted by atomic mass is 9.79. The Labute approximate surface area is 683 Å². The third-order valence-corrected chi connectivity index (χ3v) is 21.5. The van der Waals surface area contributed by atoms with Crippen LogP contribution < -0.4 is 37.6 Å². The predicted octanol–water partition coefficient (Wildman–Crippen LogP) is 21.4. The molecule has 3 aliphatic carbocycles. The van der Waals surface area contributed by atoms with E-state index in [-0.39, 0.29) is 71.2 Å².